The minimum absolute atomic E-state index is 0.105. The highest BCUT2D eigenvalue weighted by molar-refractivity contribution is 7.99. The van der Waals surface area contributed by atoms with Gasteiger partial charge in [0.2, 0.25) is 5.91 Å². The standard InChI is InChI=1S/C10H20N2OS/c1-2-12-10(13)8-11-7-9-5-3-4-6-14-9/h9,11H,2-8H2,1H3,(H,12,13). The second-order valence-electron chi connectivity index (χ2n) is 3.57. The van der Waals surface area contributed by atoms with Crippen LogP contribution in [0.1, 0.15) is 26.2 Å². The van der Waals surface area contributed by atoms with Crippen molar-refractivity contribution in [2.75, 3.05) is 25.4 Å². The third kappa shape index (κ3) is 4.86. The molecule has 82 valence electrons. The van der Waals surface area contributed by atoms with Crippen LogP contribution in [0.5, 0.6) is 0 Å². The Balaban J connectivity index is 1.99. The lowest BCUT2D eigenvalue weighted by atomic mass is 10.2. The highest BCUT2D eigenvalue weighted by Crippen LogP contribution is 2.23. The molecule has 1 aliphatic heterocycles. The van der Waals surface area contributed by atoms with Crippen LogP contribution in [0, 0.1) is 0 Å². The molecule has 1 amide bonds. The molecule has 0 bridgehead atoms. The zero-order valence-electron chi connectivity index (χ0n) is 8.84. The van der Waals surface area contributed by atoms with Crippen LogP contribution in [0.3, 0.4) is 0 Å². The number of carbonyl (C=O) groups excluding carboxylic acids is 1. The summed E-state index contributed by atoms with van der Waals surface area (Å²) in [5.41, 5.74) is 0. The molecule has 1 heterocycles. The summed E-state index contributed by atoms with van der Waals surface area (Å²) in [4.78, 5) is 11.1. The third-order valence-corrected chi connectivity index (χ3v) is 3.70. The van der Waals surface area contributed by atoms with E-state index in [9.17, 15) is 4.79 Å². The molecular formula is C10H20N2OS. The Morgan fingerprint density at radius 1 is 1.50 bits per heavy atom. The molecule has 0 aromatic heterocycles. The van der Waals surface area contributed by atoms with E-state index in [-0.39, 0.29) is 5.91 Å². The number of nitrogens with one attached hydrogen (secondary N) is 2. The zero-order valence-corrected chi connectivity index (χ0v) is 9.66. The SMILES string of the molecule is CCNC(=O)CNCC1CCCCS1. The van der Waals surface area contributed by atoms with Gasteiger partial charge in [0, 0.05) is 18.3 Å². The molecule has 0 spiro atoms. The Kier molecular flexibility index (Phi) is 6.03. The van der Waals surface area contributed by atoms with Gasteiger partial charge in [0.05, 0.1) is 6.54 Å². The van der Waals surface area contributed by atoms with E-state index >= 15 is 0 Å². The van der Waals surface area contributed by atoms with E-state index in [4.69, 9.17) is 0 Å². The second kappa shape index (κ2) is 7.12. The van der Waals surface area contributed by atoms with Crippen LogP contribution < -0.4 is 10.6 Å². The van der Waals surface area contributed by atoms with Crippen LogP contribution in [-0.4, -0.2) is 36.5 Å². The molecule has 0 radical (unpaired) electrons. The molecule has 14 heavy (non-hydrogen) atoms. The number of likely N-dealkylation sites (N-methyl/N-ethyl adjacent to an activating group) is 1. The van der Waals surface area contributed by atoms with Crippen LogP contribution in [-0.2, 0) is 4.79 Å². The molecule has 0 aromatic carbocycles. The fraction of sp³-hybridized carbons (Fsp3) is 0.900. The van der Waals surface area contributed by atoms with E-state index < -0.39 is 0 Å². The van der Waals surface area contributed by atoms with E-state index in [2.05, 4.69) is 10.6 Å². The van der Waals surface area contributed by atoms with Crippen molar-refractivity contribution in [2.45, 2.75) is 31.4 Å². The maximum atomic E-state index is 11.1. The van der Waals surface area contributed by atoms with E-state index in [0.717, 1.165) is 18.3 Å². The van der Waals surface area contributed by atoms with Gasteiger partial charge in [-0.1, -0.05) is 6.42 Å². The molecule has 4 heteroatoms. The largest absolute Gasteiger partial charge is 0.355 e. The molecule has 1 fully saturated rings. The van der Waals surface area contributed by atoms with Gasteiger partial charge in [-0.2, -0.15) is 11.8 Å². The summed E-state index contributed by atoms with van der Waals surface area (Å²) in [6.07, 6.45) is 4.01. The lowest BCUT2D eigenvalue weighted by molar-refractivity contribution is -0.120. The fourth-order valence-corrected chi connectivity index (χ4v) is 2.85. The maximum absolute atomic E-state index is 11.1. The number of rotatable bonds is 5. The predicted octanol–water partition coefficient (Wildman–Crippen LogP) is 0.998. The first-order chi connectivity index (χ1) is 6.83. The van der Waals surface area contributed by atoms with E-state index in [0.29, 0.717) is 6.54 Å². The highest BCUT2D eigenvalue weighted by atomic mass is 32.2. The van der Waals surface area contributed by atoms with Crippen molar-refractivity contribution < 1.29 is 4.79 Å². The van der Waals surface area contributed by atoms with Gasteiger partial charge in [-0.3, -0.25) is 4.79 Å². The lowest BCUT2D eigenvalue weighted by Gasteiger charge is -2.21. The van der Waals surface area contributed by atoms with E-state index in [1.54, 1.807) is 0 Å². The minimum atomic E-state index is 0.105. The van der Waals surface area contributed by atoms with Gasteiger partial charge in [-0.05, 0) is 25.5 Å². The van der Waals surface area contributed by atoms with Gasteiger partial charge in [-0.15, -0.1) is 0 Å². The molecule has 2 N–H and O–H groups in total. The molecular weight excluding hydrogens is 196 g/mol. The highest BCUT2D eigenvalue weighted by Gasteiger charge is 2.13. The van der Waals surface area contributed by atoms with Crippen molar-refractivity contribution in [3.8, 4) is 0 Å². The molecule has 3 nitrogen and oxygen atoms in total. The van der Waals surface area contributed by atoms with Crippen LogP contribution >= 0.6 is 11.8 Å². The van der Waals surface area contributed by atoms with Crippen LogP contribution in [0.25, 0.3) is 0 Å². The number of hydrogen-bond acceptors (Lipinski definition) is 3. The Morgan fingerprint density at radius 3 is 3.00 bits per heavy atom. The summed E-state index contributed by atoms with van der Waals surface area (Å²) in [5, 5.41) is 6.70. The fourth-order valence-electron chi connectivity index (χ4n) is 1.57. The average molecular weight is 216 g/mol. The Bertz CT molecular complexity index is 170. The summed E-state index contributed by atoms with van der Waals surface area (Å²) in [5.74, 6) is 1.39. The van der Waals surface area contributed by atoms with Gasteiger partial charge in [0.1, 0.15) is 0 Å². The first-order valence-corrected chi connectivity index (χ1v) is 6.47. The monoisotopic (exact) mass is 216 g/mol. The molecule has 1 saturated heterocycles. The molecule has 0 aromatic rings. The van der Waals surface area contributed by atoms with Gasteiger partial charge >= 0.3 is 0 Å². The average Bonchev–Trinajstić information content (AvgIpc) is 2.20. The van der Waals surface area contributed by atoms with Crippen molar-refractivity contribution in [2.24, 2.45) is 0 Å². The summed E-state index contributed by atoms with van der Waals surface area (Å²) < 4.78 is 0. The summed E-state index contributed by atoms with van der Waals surface area (Å²) in [7, 11) is 0. The predicted molar refractivity (Wildman–Crippen MR) is 61.7 cm³/mol. The molecule has 1 rings (SSSR count). The summed E-state index contributed by atoms with van der Waals surface area (Å²) in [6, 6.07) is 0. The summed E-state index contributed by atoms with van der Waals surface area (Å²) in [6.45, 7) is 4.10. The van der Waals surface area contributed by atoms with Crippen molar-refractivity contribution in [3.05, 3.63) is 0 Å². The molecule has 1 unspecified atom stereocenters. The molecule has 1 aliphatic rings. The van der Waals surface area contributed by atoms with Crippen molar-refractivity contribution in [1.29, 1.82) is 0 Å². The van der Waals surface area contributed by atoms with E-state index in [1.807, 2.05) is 18.7 Å². The number of amides is 1. The van der Waals surface area contributed by atoms with Crippen molar-refractivity contribution in [1.82, 2.24) is 10.6 Å². The van der Waals surface area contributed by atoms with Crippen LogP contribution in [0.2, 0.25) is 0 Å². The third-order valence-electron chi connectivity index (χ3n) is 2.31. The normalized spacial score (nSPS) is 21.9. The van der Waals surface area contributed by atoms with Crippen molar-refractivity contribution >= 4 is 17.7 Å². The number of hydrogen-bond donors (Lipinski definition) is 2. The quantitative estimate of drug-likeness (QED) is 0.720. The Hall–Kier alpha value is -0.220. The molecule has 0 saturated carbocycles. The van der Waals surface area contributed by atoms with Crippen LogP contribution in [0.4, 0.5) is 0 Å². The van der Waals surface area contributed by atoms with Gasteiger partial charge in [0.25, 0.3) is 0 Å². The van der Waals surface area contributed by atoms with Gasteiger partial charge in [0.15, 0.2) is 0 Å². The van der Waals surface area contributed by atoms with E-state index in [1.165, 1.54) is 25.0 Å². The number of carbonyl (C=O) groups is 1. The molecule has 1 atom stereocenters. The minimum Gasteiger partial charge on any atom is -0.355 e. The van der Waals surface area contributed by atoms with Crippen molar-refractivity contribution in [3.63, 3.8) is 0 Å². The zero-order chi connectivity index (χ0) is 10.2. The maximum Gasteiger partial charge on any atom is 0.233 e. The summed E-state index contributed by atoms with van der Waals surface area (Å²) >= 11 is 2.03. The van der Waals surface area contributed by atoms with Gasteiger partial charge < -0.3 is 10.6 Å². The lowest BCUT2D eigenvalue weighted by Crippen LogP contribution is -2.37. The van der Waals surface area contributed by atoms with Crippen LogP contribution in [0.15, 0.2) is 0 Å². The topological polar surface area (TPSA) is 41.1 Å². The smallest absolute Gasteiger partial charge is 0.233 e. The first kappa shape index (κ1) is 11.9. The molecule has 0 aliphatic carbocycles. The van der Waals surface area contributed by atoms with Gasteiger partial charge in [-0.25, -0.2) is 0 Å². The second-order valence-corrected chi connectivity index (χ2v) is 4.98. The Morgan fingerprint density at radius 2 is 2.36 bits per heavy atom. The Labute approximate surface area is 90.4 Å². The number of thioether (sulfide) groups is 1. The first-order valence-electron chi connectivity index (χ1n) is 5.42.